The van der Waals surface area contributed by atoms with Crippen LogP contribution < -0.4 is 5.32 Å². The van der Waals surface area contributed by atoms with Gasteiger partial charge in [-0.1, -0.05) is 13.8 Å². The Morgan fingerprint density at radius 3 is 2.00 bits per heavy atom. The Hall–Kier alpha value is -0.550. The van der Waals surface area contributed by atoms with Gasteiger partial charge in [0.05, 0.1) is 11.5 Å². The molecule has 2 nitrogen and oxygen atoms in total. The van der Waals surface area contributed by atoms with Gasteiger partial charge in [0.15, 0.2) is 0 Å². The Morgan fingerprint density at radius 2 is 1.73 bits per heavy atom. The lowest BCUT2D eigenvalue weighted by Gasteiger charge is -2.26. The molecule has 0 unspecified atom stereocenters. The second-order valence-electron chi connectivity index (χ2n) is 2.92. The van der Waals surface area contributed by atoms with Crippen molar-refractivity contribution in [3.8, 4) is 6.07 Å². The van der Waals surface area contributed by atoms with Crippen LogP contribution in [0.2, 0.25) is 0 Å². The maximum atomic E-state index is 8.67. The van der Waals surface area contributed by atoms with E-state index in [2.05, 4.69) is 11.4 Å². The summed E-state index contributed by atoms with van der Waals surface area (Å²) < 4.78 is 0. The van der Waals surface area contributed by atoms with Gasteiger partial charge in [-0.3, -0.25) is 0 Å². The number of hydrogen-bond acceptors (Lipinski definition) is 2. The molecule has 0 aromatic carbocycles. The van der Waals surface area contributed by atoms with Crippen molar-refractivity contribution in [2.24, 2.45) is 5.41 Å². The van der Waals surface area contributed by atoms with Gasteiger partial charge in [0.2, 0.25) is 0 Å². The molecule has 0 spiro atoms. The van der Waals surface area contributed by atoms with E-state index < -0.39 is 0 Å². The van der Waals surface area contributed by atoms with Gasteiger partial charge in [-0.05, 0) is 32.9 Å². The van der Waals surface area contributed by atoms with Crippen molar-refractivity contribution < 1.29 is 0 Å². The molecular formula is C9H18N2. The highest BCUT2D eigenvalue weighted by molar-refractivity contribution is 4.97. The zero-order chi connectivity index (χ0) is 8.74. The van der Waals surface area contributed by atoms with E-state index in [0.29, 0.717) is 0 Å². The van der Waals surface area contributed by atoms with E-state index in [4.69, 9.17) is 5.26 Å². The molecule has 0 amide bonds. The van der Waals surface area contributed by atoms with Gasteiger partial charge >= 0.3 is 0 Å². The van der Waals surface area contributed by atoms with Crippen molar-refractivity contribution >= 4 is 0 Å². The van der Waals surface area contributed by atoms with Crippen molar-refractivity contribution in [3.63, 3.8) is 0 Å². The van der Waals surface area contributed by atoms with E-state index in [1.54, 1.807) is 0 Å². The first kappa shape index (κ1) is 10.4. The molecule has 1 aliphatic heterocycles. The molecule has 1 saturated heterocycles. The average molecular weight is 154 g/mol. The second-order valence-corrected chi connectivity index (χ2v) is 2.92. The van der Waals surface area contributed by atoms with Crippen LogP contribution in [0.15, 0.2) is 0 Å². The largest absolute Gasteiger partial charge is 0.317 e. The Morgan fingerprint density at radius 1 is 1.27 bits per heavy atom. The summed E-state index contributed by atoms with van der Waals surface area (Å²) in [6.45, 7) is 8.04. The number of hydrogen-bond donors (Lipinski definition) is 1. The van der Waals surface area contributed by atoms with E-state index in [9.17, 15) is 0 Å². The summed E-state index contributed by atoms with van der Waals surface area (Å²) in [4.78, 5) is 0. The number of nitriles is 1. The molecular weight excluding hydrogens is 136 g/mol. The highest BCUT2D eigenvalue weighted by Crippen LogP contribution is 2.25. The summed E-state index contributed by atoms with van der Waals surface area (Å²) in [5.41, 5.74) is -0.0365. The van der Waals surface area contributed by atoms with Crippen molar-refractivity contribution in [3.05, 3.63) is 0 Å². The Labute approximate surface area is 69.6 Å². The fraction of sp³-hybridized carbons (Fsp3) is 0.889. The lowest BCUT2D eigenvalue weighted by molar-refractivity contribution is 0.312. The molecule has 1 rings (SSSR count). The third kappa shape index (κ3) is 3.38. The van der Waals surface area contributed by atoms with Gasteiger partial charge in [0.25, 0.3) is 0 Å². The Kier molecular flexibility index (Phi) is 4.89. The molecule has 0 saturated carbocycles. The minimum absolute atomic E-state index is 0.0365. The standard InChI is InChI=1S/C7H12N2.C2H6/c1-7(6-8)2-4-9-5-3-7;1-2/h9H,2-5H2,1H3;1-2H3. The van der Waals surface area contributed by atoms with Gasteiger partial charge < -0.3 is 5.32 Å². The summed E-state index contributed by atoms with van der Waals surface area (Å²) in [6, 6.07) is 2.34. The predicted octanol–water partition coefficient (Wildman–Crippen LogP) is 1.93. The Bertz CT molecular complexity index is 129. The zero-order valence-electron chi connectivity index (χ0n) is 7.78. The molecule has 1 aliphatic rings. The van der Waals surface area contributed by atoms with E-state index in [0.717, 1.165) is 25.9 Å². The molecule has 0 atom stereocenters. The van der Waals surface area contributed by atoms with Crippen LogP contribution in [0.3, 0.4) is 0 Å². The minimum atomic E-state index is -0.0365. The van der Waals surface area contributed by atoms with E-state index in [1.165, 1.54) is 0 Å². The van der Waals surface area contributed by atoms with E-state index in [1.807, 2.05) is 20.8 Å². The maximum Gasteiger partial charge on any atom is 0.0687 e. The molecule has 1 heterocycles. The van der Waals surface area contributed by atoms with Gasteiger partial charge in [0, 0.05) is 0 Å². The van der Waals surface area contributed by atoms with Crippen LogP contribution in [-0.4, -0.2) is 13.1 Å². The maximum absolute atomic E-state index is 8.67. The Balaban J connectivity index is 0.000000461. The van der Waals surface area contributed by atoms with Crippen molar-refractivity contribution in [2.45, 2.75) is 33.6 Å². The van der Waals surface area contributed by atoms with Crippen LogP contribution >= 0.6 is 0 Å². The van der Waals surface area contributed by atoms with Gasteiger partial charge in [0.1, 0.15) is 0 Å². The van der Waals surface area contributed by atoms with Crippen LogP contribution in [0.5, 0.6) is 0 Å². The van der Waals surface area contributed by atoms with Gasteiger partial charge in [-0.2, -0.15) is 5.26 Å². The fourth-order valence-corrected chi connectivity index (χ4v) is 1.09. The summed E-state index contributed by atoms with van der Waals surface area (Å²) in [7, 11) is 0. The molecule has 1 N–H and O–H groups in total. The summed E-state index contributed by atoms with van der Waals surface area (Å²) in [5, 5.41) is 11.9. The van der Waals surface area contributed by atoms with Gasteiger partial charge in [-0.25, -0.2) is 0 Å². The smallest absolute Gasteiger partial charge is 0.0687 e. The number of nitrogens with one attached hydrogen (secondary N) is 1. The van der Waals surface area contributed by atoms with Crippen LogP contribution in [-0.2, 0) is 0 Å². The molecule has 0 aromatic heterocycles. The normalized spacial score (nSPS) is 20.9. The summed E-state index contributed by atoms with van der Waals surface area (Å²) >= 11 is 0. The molecule has 0 bridgehead atoms. The first-order valence-corrected chi connectivity index (χ1v) is 4.39. The van der Waals surface area contributed by atoms with Crippen LogP contribution in [0.25, 0.3) is 0 Å². The third-order valence-corrected chi connectivity index (χ3v) is 1.98. The molecule has 0 aliphatic carbocycles. The second kappa shape index (κ2) is 5.15. The summed E-state index contributed by atoms with van der Waals surface area (Å²) in [5.74, 6) is 0. The SMILES string of the molecule is CC.CC1(C#N)CCNCC1. The van der Waals surface area contributed by atoms with Crippen LogP contribution in [0, 0.1) is 16.7 Å². The topological polar surface area (TPSA) is 35.8 Å². The molecule has 64 valence electrons. The van der Waals surface area contributed by atoms with Crippen LogP contribution in [0.4, 0.5) is 0 Å². The third-order valence-electron chi connectivity index (χ3n) is 1.98. The van der Waals surface area contributed by atoms with E-state index in [-0.39, 0.29) is 5.41 Å². The first-order chi connectivity index (χ1) is 5.27. The highest BCUT2D eigenvalue weighted by atomic mass is 14.9. The quantitative estimate of drug-likeness (QED) is 0.578. The molecule has 11 heavy (non-hydrogen) atoms. The first-order valence-electron chi connectivity index (χ1n) is 4.39. The highest BCUT2D eigenvalue weighted by Gasteiger charge is 2.25. The number of piperidine rings is 1. The van der Waals surface area contributed by atoms with Crippen molar-refractivity contribution in [2.75, 3.05) is 13.1 Å². The van der Waals surface area contributed by atoms with Crippen molar-refractivity contribution in [1.82, 2.24) is 5.32 Å². The summed E-state index contributed by atoms with van der Waals surface area (Å²) in [6.07, 6.45) is 2.01. The molecule has 1 fully saturated rings. The van der Waals surface area contributed by atoms with E-state index >= 15 is 0 Å². The lowest BCUT2D eigenvalue weighted by Crippen LogP contribution is -2.33. The average Bonchev–Trinajstić information content (AvgIpc) is 2.10. The van der Waals surface area contributed by atoms with Gasteiger partial charge in [-0.15, -0.1) is 0 Å². The fourth-order valence-electron chi connectivity index (χ4n) is 1.09. The van der Waals surface area contributed by atoms with Crippen LogP contribution in [0.1, 0.15) is 33.6 Å². The molecule has 2 heteroatoms. The number of nitrogens with zero attached hydrogens (tertiary/aromatic N) is 1. The number of rotatable bonds is 0. The van der Waals surface area contributed by atoms with Crippen molar-refractivity contribution in [1.29, 1.82) is 5.26 Å². The molecule has 0 radical (unpaired) electrons. The molecule has 0 aromatic rings. The minimum Gasteiger partial charge on any atom is -0.317 e. The lowest BCUT2D eigenvalue weighted by atomic mass is 9.83. The zero-order valence-corrected chi connectivity index (χ0v) is 7.78. The monoisotopic (exact) mass is 154 g/mol. The predicted molar refractivity (Wildman–Crippen MR) is 47.2 cm³/mol.